The van der Waals surface area contributed by atoms with Crippen LogP contribution < -0.4 is 26.6 Å². The molecule has 1 heterocycles. The van der Waals surface area contributed by atoms with Gasteiger partial charge in [-0.15, -0.1) is 0 Å². The number of aromatic amines is 1. The highest BCUT2D eigenvalue weighted by Crippen LogP contribution is 2.19. The standard InChI is InChI=1S/C26H30N4O6/c1-3-14-29(21(31)16-36-22(32)17-35-20-12-10-18(4-2)11-13-20)23-24(27)30(26(34)28-25(23)33)15-19-8-6-5-7-9-19/h5-13H,3-4,14-17,27H2,1-2H3,(H,28,33,34). The van der Waals surface area contributed by atoms with E-state index < -0.39 is 29.7 Å². The topological polar surface area (TPSA) is 137 Å². The second kappa shape index (κ2) is 12.4. The average Bonchev–Trinajstić information content (AvgIpc) is 2.88. The number of aromatic nitrogens is 2. The Hall–Kier alpha value is -4.34. The van der Waals surface area contributed by atoms with Crippen LogP contribution >= 0.6 is 0 Å². The number of nitrogen functional groups attached to an aromatic ring is 1. The van der Waals surface area contributed by atoms with Gasteiger partial charge in [0.05, 0.1) is 6.54 Å². The number of anilines is 2. The average molecular weight is 495 g/mol. The van der Waals surface area contributed by atoms with Crippen molar-refractivity contribution in [1.82, 2.24) is 9.55 Å². The Labute approximate surface area is 208 Å². The summed E-state index contributed by atoms with van der Waals surface area (Å²) in [7, 11) is 0. The van der Waals surface area contributed by atoms with Gasteiger partial charge in [-0.3, -0.25) is 19.1 Å². The molecular weight excluding hydrogens is 464 g/mol. The van der Waals surface area contributed by atoms with E-state index in [2.05, 4.69) is 4.98 Å². The van der Waals surface area contributed by atoms with Crippen LogP contribution in [0.1, 0.15) is 31.4 Å². The molecule has 36 heavy (non-hydrogen) atoms. The molecule has 3 rings (SSSR count). The molecule has 190 valence electrons. The summed E-state index contributed by atoms with van der Waals surface area (Å²) in [5.41, 5.74) is 6.48. The summed E-state index contributed by atoms with van der Waals surface area (Å²) in [6, 6.07) is 16.4. The number of rotatable bonds is 11. The summed E-state index contributed by atoms with van der Waals surface area (Å²) < 4.78 is 11.7. The molecule has 0 saturated carbocycles. The lowest BCUT2D eigenvalue weighted by molar-refractivity contribution is -0.149. The maximum Gasteiger partial charge on any atom is 0.344 e. The zero-order valence-corrected chi connectivity index (χ0v) is 20.4. The fourth-order valence-electron chi connectivity index (χ4n) is 3.57. The first kappa shape index (κ1) is 26.3. The first-order valence-electron chi connectivity index (χ1n) is 11.7. The van der Waals surface area contributed by atoms with Gasteiger partial charge in [0.2, 0.25) is 0 Å². The summed E-state index contributed by atoms with van der Waals surface area (Å²) in [5.74, 6) is -1.04. The molecule has 0 aliphatic rings. The quantitative estimate of drug-likeness (QED) is 0.390. The first-order valence-corrected chi connectivity index (χ1v) is 11.7. The molecular formula is C26H30N4O6. The minimum Gasteiger partial charge on any atom is -0.482 e. The Bertz CT molecular complexity index is 1300. The summed E-state index contributed by atoms with van der Waals surface area (Å²) in [6.07, 6.45) is 1.38. The molecule has 3 aromatic rings. The van der Waals surface area contributed by atoms with E-state index in [-0.39, 0.29) is 31.2 Å². The van der Waals surface area contributed by atoms with E-state index in [4.69, 9.17) is 15.2 Å². The number of nitrogens with one attached hydrogen (secondary N) is 1. The highest BCUT2D eigenvalue weighted by atomic mass is 16.6. The highest BCUT2D eigenvalue weighted by Gasteiger charge is 2.24. The van der Waals surface area contributed by atoms with E-state index in [9.17, 15) is 19.2 Å². The Kier molecular flexibility index (Phi) is 9.04. The number of hydrogen-bond acceptors (Lipinski definition) is 7. The zero-order chi connectivity index (χ0) is 26.1. The second-order valence-electron chi connectivity index (χ2n) is 8.06. The minimum absolute atomic E-state index is 0.106. The van der Waals surface area contributed by atoms with Gasteiger partial charge in [-0.1, -0.05) is 56.3 Å². The van der Waals surface area contributed by atoms with E-state index >= 15 is 0 Å². The van der Waals surface area contributed by atoms with E-state index in [1.165, 1.54) is 4.57 Å². The van der Waals surface area contributed by atoms with E-state index in [0.29, 0.717) is 12.2 Å². The Balaban J connectivity index is 1.71. The zero-order valence-electron chi connectivity index (χ0n) is 20.4. The van der Waals surface area contributed by atoms with Crippen molar-refractivity contribution in [1.29, 1.82) is 0 Å². The van der Waals surface area contributed by atoms with Crippen LogP contribution in [-0.4, -0.2) is 41.2 Å². The van der Waals surface area contributed by atoms with Crippen molar-refractivity contribution in [3.63, 3.8) is 0 Å². The lowest BCUT2D eigenvalue weighted by Crippen LogP contribution is -2.43. The molecule has 0 saturated heterocycles. The van der Waals surface area contributed by atoms with Crippen LogP contribution in [0.25, 0.3) is 0 Å². The summed E-state index contributed by atoms with van der Waals surface area (Å²) >= 11 is 0. The van der Waals surface area contributed by atoms with Crippen LogP contribution in [0.15, 0.2) is 64.2 Å². The molecule has 0 atom stereocenters. The normalized spacial score (nSPS) is 10.6. The van der Waals surface area contributed by atoms with Gasteiger partial charge in [-0.05, 0) is 36.1 Å². The number of ether oxygens (including phenoxy) is 2. The molecule has 10 heteroatoms. The van der Waals surface area contributed by atoms with E-state index in [1.807, 2.05) is 56.3 Å². The number of carbonyl (C=O) groups is 2. The molecule has 0 bridgehead atoms. The number of nitrogens with two attached hydrogens (primary N) is 1. The summed E-state index contributed by atoms with van der Waals surface area (Å²) in [4.78, 5) is 53.6. The smallest absolute Gasteiger partial charge is 0.344 e. The molecule has 2 aromatic carbocycles. The van der Waals surface area contributed by atoms with Gasteiger partial charge in [0.1, 0.15) is 11.6 Å². The summed E-state index contributed by atoms with van der Waals surface area (Å²) in [5, 5.41) is 0. The molecule has 1 aromatic heterocycles. The lowest BCUT2D eigenvalue weighted by atomic mass is 10.2. The van der Waals surface area contributed by atoms with Crippen molar-refractivity contribution in [2.24, 2.45) is 0 Å². The number of benzene rings is 2. The number of nitrogens with zero attached hydrogens (tertiary/aromatic N) is 2. The van der Waals surface area contributed by atoms with Crippen molar-refractivity contribution in [3.8, 4) is 5.75 Å². The van der Waals surface area contributed by atoms with E-state index in [1.54, 1.807) is 12.1 Å². The Morgan fingerprint density at radius 1 is 0.972 bits per heavy atom. The molecule has 0 spiro atoms. The van der Waals surface area contributed by atoms with Crippen molar-refractivity contribution >= 4 is 23.4 Å². The second-order valence-corrected chi connectivity index (χ2v) is 8.06. The number of esters is 1. The first-order chi connectivity index (χ1) is 17.3. The summed E-state index contributed by atoms with van der Waals surface area (Å²) in [6.45, 7) is 3.09. The molecule has 10 nitrogen and oxygen atoms in total. The molecule has 3 N–H and O–H groups in total. The number of H-pyrrole nitrogens is 1. The fourth-order valence-corrected chi connectivity index (χ4v) is 3.57. The predicted molar refractivity (Wildman–Crippen MR) is 136 cm³/mol. The number of hydrogen-bond donors (Lipinski definition) is 2. The van der Waals surface area contributed by atoms with E-state index in [0.717, 1.165) is 22.4 Å². The largest absolute Gasteiger partial charge is 0.482 e. The van der Waals surface area contributed by atoms with Gasteiger partial charge < -0.3 is 20.1 Å². The van der Waals surface area contributed by atoms with Crippen LogP contribution in [0.3, 0.4) is 0 Å². The molecule has 1 amide bonds. The highest BCUT2D eigenvalue weighted by molar-refractivity contribution is 5.97. The van der Waals surface area contributed by atoms with Crippen LogP contribution in [0.2, 0.25) is 0 Å². The molecule has 0 aliphatic heterocycles. The van der Waals surface area contributed by atoms with Gasteiger partial charge in [0.25, 0.3) is 11.5 Å². The maximum absolute atomic E-state index is 13.0. The van der Waals surface area contributed by atoms with Gasteiger partial charge in [0.15, 0.2) is 18.9 Å². The Morgan fingerprint density at radius 2 is 1.67 bits per heavy atom. The molecule has 0 fully saturated rings. The number of carbonyl (C=O) groups excluding carboxylic acids is 2. The van der Waals surface area contributed by atoms with Crippen LogP contribution in [0.5, 0.6) is 5.75 Å². The minimum atomic E-state index is -0.797. The maximum atomic E-state index is 13.0. The fraction of sp³-hybridized carbons (Fsp3) is 0.308. The van der Waals surface area contributed by atoms with Crippen LogP contribution in [0.4, 0.5) is 11.5 Å². The van der Waals surface area contributed by atoms with Gasteiger partial charge in [-0.25, -0.2) is 9.59 Å². The third kappa shape index (κ3) is 6.62. The third-order valence-electron chi connectivity index (χ3n) is 5.46. The van der Waals surface area contributed by atoms with Crippen LogP contribution in [0, 0.1) is 0 Å². The van der Waals surface area contributed by atoms with Gasteiger partial charge >= 0.3 is 11.7 Å². The van der Waals surface area contributed by atoms with Crippen molar-refractivity contribution < 1.29 is 19.1 Å². The predicted octanol–water partition coefficient (Wildman–Crippen LogP) is 2.09. The lowest BCUT2D eigenvalue weighted by Gasteiger charge is -2.24. The van der Waals surface area contributed by atoms with Crippen LogP contribution in [-0.2, 0) is 27.3 Å². The molecule has 0 unspecified atom stereocenters. The van der Waals surface area contributed by atoms with Crippen molar-refractivity contribution in [2.45, 2.75) is 33.2 Å². The molecule has 0 aliphatic carbocycles. The monoisotopic (exact) mass is 494 g/mol. The van der Waals surface area contributed by atoms with Gasteiger partial charge in [-0.2, -0.15) is 0 Å². The SMILES string of the molecule is CCCN(C(=O)COC(=O)COc1ccc(CC)cc1)c1c(N)n(Cc2ccccc2)c(=O)[nH]c1=O. The third-order valence-corrected chi connectivity index (χ3v) is 5.46. The van der Waals surface area contributed by atoms with Crippen molar-refractivity contribution in [3.05, 3.63) is 86.6 Å². The Morgan fingerprint density at radius 3 is 2.31 bits per heavy atom. The molecule has 0 radical (unpaired) electrons. The van der Waals surface area contributed by atoms with Crippen molar-refractivity contribution in [2.75, 3.05) is 30.4 Å². The number of amides is 1. The van der Waals surface area contributed by atoms with Gasteiger partial charge in [0, 0.05) is 6.54 Å². The number of aryl methyl sites for hydroxylation is 1.